The quantitative estimate of drug-likeness (QED) is 0.372. The highest BCUT2D eigenvalue weighted by Gasteiger charge is 2.10. The molecule has 4 N–H and O–H groups in total. The van der Waals surface area contributed by atoms with E-state index in [1.165, 1.54) is 11.1 Å². The number of amides is 1. The summed E-state index contributed by atoms with van der Waals surface area (Å²) in [6.07, 6.45) is 0.608. The molecule has 3 aromatic carbocycles. The lowest BCUT2D eigenvalue weighted by molar-refractivity contribution is -0.120. The van der Waals surface area contributed by atoms with E-state index in [1.807, 2.05) is 18.2 Å². The van der Waals surface area contributed by atoms with Crippen molar-refractivity contribution in [3.63, 3.8) is 0 Å². The van der Waals surface area contributed by atoms with Gasteiger partial charge in [-0.15, -0.1) is 0 Å². The predicted octanol–water partition coefficient (Wildman–Crippen LogP) is 3.64. The van der Waals surface area contributed by atoms with E-state index >= 15 is 0 Å². The minimum Gasteiger partial charge on any atom is -0.493 e. The predicted molar refractivity (Wildman–Crippen MR) is 121 cm³/mol. The highest BCUT2D eigenvalue weighted by atomic mass is 16.3. The maximum absolute atomic E-state index is 12.0. The van der Waals surface area contributed by atoms with Gasteiger partial charge in [0.05, 0.1) is 12.1 Å². The number of rotatable bonds is 7. The fraction of sp³-hybridized carbons (Fsp3) is 0.120. The monoisotopic (exact) mass is 413 g/mol. The fourth-order valence-electron chi connectivity index (χ4n) is 3.46. The molecule has 0 spiro atoms. The molecule has 1 amide bonds. The van der Waals surface area contributed by atoms with Crippen molar-refractivity contribution < 1.29 is 9.90 Å². The number of hydrogen-bond acceptors (Lipinski definition) is 3. The smallest absolute Gasteiger partial charge is 0.325 e. The molecule has 0 atom stereocenters. The summed E-state index contributed by atoms with van der Waals surface area (Å²) >= 11 is 0. The molecule has 0 bridgehead atoms. The Morgan fingerprint density at radius 3 is 1.87 bits per heavy atom. The largest absolute Gasteiger partial charge is 0.493 e. The van der Waals surface area contributed by atoms with Crippen LogP contribution in [0.15, 0.2) is 83.7 Å². The lowest BCUT2D eigenvalue weighted by Crippen LogP contribution is -2.27. The highest BCUT2D eigenvalue weighted by molar-refractivity contribution is 5.78. The number of hydrogen-bond donors (Lipinski definition) is 4. The van der Waals surface area contributed by atoms with Crippen LogP contribution in [0.4, 0.5) is 0 Å². The lowest BCUT2D eigenvalue weighted by Gasteiger charge is -2.08. The van der Waals surface area contributed by atoms with Gasteiger partial charge in [-0.1, -0.05) is 78.9 Å². The van der Waals surface area contributed by atoms with Gasteiger partial charge in [0.15, 0.2) is 0 Å². The molecule has 1 heterocycles. The van der Waals surface area contributed by atoms with Crippen LogP contribution >= 0.6 is 0 Å². The zero-order valence-electron chi connectivity index (χ0n) is 16.9. The first-order chi connectivity index (χ1) is 15.1. The Kier molecular flexibility index (Phi) is 5.98. The minimum absolute atomic E-state index is 0.0809. The number of carbonyl (C=O) groups excluding carboxylic acids is 1. The summed E-state index contributed by atoms with van der Waals surface area (Å²) in [5, 5.41) is 12.3. The molecule has 0 aliphatic rings. The summed E-state index contributed by atoms with van der Waals surface area (Å²) in [6.45, 7) is 0.472. The number of carbonyl (C=O) groups is 1. The van der Waals surface area contributed by atoms with Gasteiger partial charge in [0, 0.05) is 6.54 Å². The first-order valence-corrected chi connectivity index (χ1v) is 10.1. The molecular formula is C25H23N3O3. The molecule has 0 saturated carbocycles. The third kappa shape index (κ3) is 5.11. The Labute approximate surface area is 179 Å². The summed E-state index contributed by atoms with van der Waals surface area (Å²) in [7, 11) is 0. The second-order valence-corrected chi connectivity index (χ2v) is 7.32. The van der Waals surface area contributed by atoms with Crippen molar-refractivity contribution in [3.05, 3.63) is 101 Å². The van der Waals surface area contributed by atoms with E-state index in [-0.39, 0.29) is 23.9 Å². The first-order valence-electron chi connectivity index (χ1n) is 10.1. The molecule has 31 heavy (non-hydrogen) atoms. The highest BCUT2D eigenvalue weighted by Crippen LogP contribution is 2.25. The number of aromatic nitrogens is 2. The Bertz CT molecular complexity index is 1210. The number of benzene rings is 3. The van der Waals surface area contributed by atoms with Crippen LogP contribution in [-0.2, 0) is 17.6 Å². The maximum atomic E-state index is 12.0. The van der Waals surface area contributed by atoms with Crippen molar-refractivity contribution in [2.45, 2.75) is 12.8 Å². The molecule has 0 radical (unpaired) electrons. The second kappa shape index (κ2) is 9.17. The molecular weight excluding hydrogens is 390 g/mol. The summed E-state index contributed by atoms with van der Waals surface area (Å²) in [4.78, 5) is 27.7. The van der Waals surface area contributed by atoms with Gasteiger partial charge in [-0.2, -0.15) is 0 Å². The van der Waals surface area contributed by atoms with E-state index in [0.717, 1.165) is 16.7 Å². The van der Waals surface area contributed by atoms with Crippen LogP contribution in [0.3, 0.4) is 0 Å². The van der Waals surface area contributed by atoms with Crippen molar-refractivity contribution in [3.8, 4) is 28.1 Å². The number of aromatic hydroxyl groups is 1. The van der Waals surface area contributed by atoms with Crippen molar-refractivity contribution in [1.29, 1.82) is 0 Å². The standard InChI is InChI=1S/C25H23N3O3/c29-23(16-22-24(30)28-25(31)27-22)26-15-14-17-6-8-19(9-7-17)21-12-10-20(11-13-21)18-4-2-1-3-5-18/h1-13,30H,14-16H2,(H,26,29)(H2,27,28,31). The molecule has 4 aromatic rings. The zero-order chi connectivity index (χ0) is 21.6. The molecule has 156 valence electrons. The van der Waals surface area contributed by atoms with Gasteiger partial charge >= 0.3 is 5.69 Å². The average Bonchev–Trinajstić information content (AvgIpc) is 3.11. The van der Waals surface area contributed by atoms with Crippen LogP contribution in [0.5, 0.6) is 5.88 Å². The van der Waals surface area contributed by atoms with Crippen molar-refractivity contribution >= 4 is 5.91 Å². The third-order valence-electron chi connectivity index (χ3n) is 5.13. The summed E-state index contributed by atoms with van der Waals surface area (Å²) in [5.41, 5.74) is 5.44. The molecule has 0 saturated heterocycles. The van der Waals surface area contributed by atoms with Gasteiger partial charge in [0.25, 0.3) is 0 Å². The Hall–Kier alpha value is -4.06. The Morgan fingerprint density at radius 2 is 1.32 bits per heavy atom. The normalized spacial score (nSPS) is 10.7. The molecule has 6 heteroatoms. The van der Waals surface area contributed by atoms with Gasteiger partial charge < -0.3 is 15.4 Å². The first kappa shape index (κ1) is 20.2. The van der Waals surface area contributed by atoms with Gasteiger partial charge in [-0.25, -0.2) is 4.79 Å². The summed E-state index contributed by atoms with van der Waals surface area (Å²) in [6, 6.07) is 27.1. The van der Waals surface area contributed by atoms with Crippen LogP contribution in [0.2, 0.25) is 0 Å². The molecule has 0 fully saturated rings. The summed E-state index contributed by atoms with van der Waals surface area (Å²) < 4.78 is 0. The Balaban J connectivity index is 1.30. The molecule has 0 aliphatic heterocycles. The molecule has 6 nitrogen and oxygen atoms in total. The van der Waals surface area contributed by atoms with Crippen molar-refractivity contribution in [2.24, 2.45) is 0 Å². The van der Waals surface area contributed by atoms with E-state index in [9.17, 15) is 14.7 Å². The number of aromatic amines is 2. The topological polar surface area (TPSA) is 98.0 Å². The average molecular weight is 413 g/mol. The lowest BCUT2D eigenvalue weighted by atomic mass is 9.99. The molecule has 4 rings (SSSR count). The van der Waals surface area contributed by atoms with Gasteiger partial charge in [0.2, 0.25) is 11.8 Å². The number of H-pyrrole nitrogens is 2. The van der Waals surface area contributed by atoms with Crippen LogP contribution < -0.4 is 11.0 Å². The van der Waals surface area contributed by atoms with Crippen molar-refractivity contribution in [1.82, 2.24) is 15.3 Å². The maximum Gasteiger partial charge on any atom is 0.325 e. The number of nitrogens with one attached hydrogen (secondary N) is 3. The van der Waals surface area contributed by atoms with Crippen LogP contribution in [0.25, 0.3) is 22.3 Å². The Morgan fingerprint density at radius 1 is 0.774 bits per heavy atom. The van der Waals surface area contributed by atoms with Crippen LogP contribution in [0, 0.1) is 0 Å². The SMILES string of the molecule is O=C(Cc1[nH]c(=O)[nH]c1O)NCCc1ccc(-c2ccc(-c3ccccc3)cc2)cc1. The fourth-order valence-corrected chi connectivity index (χ4v) is 3.46. The van der Waals surface area contributed by atoms with E-state index in [2.05, 4.69) is 75.9 Å². The second-order valence-electron chi connectivity index (χ2n) is 7.32. The van der Waals surface area contributed by atoms with Gasteiger partial charge in [-0.3, -0.25) is 9.78 Å². The molecule has 0 aliphatic carbocycles. The van der Waals surface area contributed by atoms with E-state index in [1.54, 1.807) is 0 Å². The number of imidazole rings is 1. The van der Waals surface area contributed by atoms with Gasteiger partial charge in [0.1, 0.15) is 0 Å². The van der Waals surface area contributed by atoms with Crippen LogP contribution in [-0.4, -0.2) is 27.5 Å². The molecule has 1 aromatic heterocycles. The third-order valence-corrected chi connectivity index (χ3v) is 5.13. The minimum atomic E-state index is -0.532. The summed E-state index contributed by atoms with van der Waals surface area (Å²) in [5.74, 6) is -0.562. The van der Waals surface area contributed by atoms with Gasteiger partial charge in [-0.05, 0) is 34.2 Å². The van der Waals surface area contributed by atoms with E-state index in [4.69, 9.17) is 0 Å². The van der Waals surface area contributed by atoms with Crippen molar-refractivity contribution in [2.75, 3.05) is 6.54 Å². The van der Waals surface area contributed by atoms with E-state index < -0.39 is 5.69 Å². The zero-order valence-corrected chi connectivity index (χ0v) is 16.9. The molecule has 0 unspecified atom stereocenters. The van der Waals surface area contributed by atoms with E-state index in [0.29, 0.717) is 13.0 Å². The van der Waals surface area contributed by atoms with Crippen LogP contribution in [0.1, 0.15) is 11.3 Å².